The Hall–Kier alpha value is -1.39. The summed E-state index contributed by atoms with van der Waals surface area (Å²) in [6.07, 6.45) is 0. The van der Waals surface area contributed by atoms with E-state index in [9.17, 15) is 8.76 Å². The average Bonchev–Trinajstić information content (AvgIpc) is 2.23. The average molecular weight is 235 g/mol. The lowest BCUT2D eigenvalue weighted by Crippen LogP contribution is -1.99. The molecule has 2 rings (SSSR count). The van der Waals surface area contributed by atoms with E-state index in [2.05, 4.69) is 0 Å². The molecule has 0 saturated carbocycles. The Morgan fingerprint density at radius 2 is 1.88 bits per heavy atom. The molecule has 0 spiro atoms. The molecule has 0 bridgehead atoms. The summed E-state index contributed by atoms with van der Waals surface area (Å²) >= 11 is -2.53. The van der Waals surface area contributed by atoms with Gasteiger partial charge in [0.15, 0.2) is 0 Å². The van der Waals surface area contributed by atoms with Gasteiger partial charge in [0.2, 0.25) is 0 Å². The second-order valence-electron chi connectivity index (χ2n) is 3.65. The van der Waals surface area contributed by atoms with Gasteiger partial charge in [0.1, 0.15) is 17.1 Å². The Kier molecular flexibility index (Phi) is 2.94. The number of aryl methyl sites for hydroxylation is 2. The van der Waals surface area contributed by atoms with Gasteiger partial charge in [-0.1, -0.05) is 24.3 Å². The lowest BCUT2D eigenvalue weighted by molar-refractivity contribution is 0.439. The molecule has 1 atom stereocenters. The van der Waals surface area contributed by atoms with Crippen LogP contribution < -0.4 is 4.18 Å². The highest BCUT2D eigenvalue weighted by Crippen LogP contribution is 2.29. The highest BCUT2D eigenvalue weighted by molar-refractivity contribution is 7.74. The zero-order valence-corrected chi connectivity index (χ0v) is 9.84. The second kappa shape index (κ2) is 4.23. The van der Waals surface area contributed by atoms with E-state index >= 15 is 0 Å². The Balaban J connectivity index is 2.65. The Morgan fingerprint density at radius 1 is 1.12 bits per heavy atom. The van der Waals surface area contributed by atoms with E-state index in [0.29, 0.717) is 5.75 Å². The molecule has 0 aliphatic rings. The first-order valence-electron chi connectivity index (χ1n) is 4.86. The molecule has 3 nitrogen and oxygen atoms in total. The molecule has 0 saturated heterocycles. The minimum atomic E-state index is -2.53. The van der Waals surface area contributed by atoms with Gasteiger partial charge in [0, 0.05) is 5.56 Å². The Morgan fingerprint density at radius 3 is 2.56 bits per heavy atom. The highest BCUT2D eigenvalue weighted by atomic mass is 32.2. The van der Waals surface area contributed by atoms with E-state index < -0.39 is 11.4 Å². The zero-order chi connectivity index (χ0) is 11.7. The largest absolute Gasteiger partial charge is 0.740 e. The normalized spacial score (nSPS) is 12.7. The fraction of sp³-hybridized carbons (Fsp3) is 0.167. The Labute approximate surface area is 96.5 Å². The number of fused-ring (bicyclic) bond motifs is 1. The first-order chi connectivity index (χ1) is 7.59. The second-order valence-corrected chi connectivity index (χ2v) is 4.22. The van der Waals surface area contributed by atoms with E-state index in [4.69, 9.17) is 4.18 Å². The van der Waals surface area contributed by atoms with Crippen molar-refractivity contribution in [2.75, 3.05) is 0 Å². The predicted octanol–water partition coefficient (Wildman–Crippen LogP) is 2.63. The van der Waals surface area contributed by atoms with Crippen LogP contribution in [0.15, 0.2) is 30.3 Å². The highest BCUT2D eigenvalue weighted by Gasteiger charge is 2.06. The van der Waals surface area contributed by atoms with Crippen molar-refractivity contribution in [2.24, 2.45) is 0 Å². The minimum absolute atomic E-state index is 0.381. The fourth-order valence-electron chi connectivity index (χ4n) is 1.81. The lowest BCUT2D eigenvalue weighted by atomic mass is 10.0. The van der Waals surface area contributed by atoms with Crippen LogP contribution in [-0.2, 0) is 11.4 Å². The minimum Gasteiger partial charge on any atom is -0.740 e. The van der Waals surface area contributed by atoms with Crippen molar-refractivity contribution < 1.29 is 12.9 Å². The summed E-state index contributed by atoms with van der Waals surface area (Å²) in [6.45, 7) is 3.87. The van der Waals surface area contributed by atoms with Gasteiger partial charge in [0.25, 0.3) is 0 Å². The zero-order valence-electron chi connectivity index (χ0n) is 9.02. The van der Waals surface area contributed by atoms with Crippen molar-refractivity contribution in [1.29, 1.82) is 0 Å². The van der Waals surface area contributed by atoms with Gasteiger partial charge in [0.05, 0.1) is 0 Å². The van der Waals surface area contributed by atoms with Gasteiger partial charge in [-0.2, -0.15) is 0 Å². The third-order valence-corrected chi connectivity index (χ3v) is 2.97. The molecule has 2 aromatic carbocycles. The van der Waals surface area contributed by atoms with E-state index in [1.54, 1.807) is 6.07 Å². The van der Waals surface area contributed by atoms with Crippen LogP contribution in [0.5, 0.6) is 5.75 Å². The van der Waals surface area contributed by atoms with Crippen LogP contribution in [-0.4, -0.2) is 8.76 Å². The van der Waals surface area contributed by atoms with E-state index in [1.807, 2.05) is 38.1 Å². The molecule has 0 aromatic heterocycles. The molecule has 0 radical (unpaired) electrons. The molecule has 2 aromatic rings. The van der Waals surface area contributed by atoms with E-state index in [1.165, 1.54) is 0 Å². The third-order valence-electron chi connectivity index (χ3n) is 2.66. The molecule has 0 amide bonds. The van der Waals surface area contributed by atoms with Crippen LogP contribution in [0.25, 0.3) is 10.8 Å². The van der Waals surface area contributed by atoms with Crippen LogP contribution in [0.1, 0.15) is 11.1 Å². The summed E-state index contributed by atoms with van der Waals surface area (Å²) in [6, 6.07) is 9.48. The van der Waals surface area contributed by atoms with Gasteiger partial charge in [-0.3, -0.25) is 0 Å². The molecule has 16 heavy (non-hydrogen) atoms. The van der Waals surface area contributed by atoms with Gasteiger partial charge < -0.3 is 8.74 Å². The monoisotopic (exact) mass is 235 g/mol. The summed E-state index contributed by atoms with van der Waals surface area (Å²) in [4.78, 5) is 0. The van der Waals surface area contributed by atoms with Gasteiger partial charge >= 0.3 is 0 Å². The SMILES string of the molecule is Cc1cccc2c(C)c(OS(=O)[O-])ccc12. The van der Waals surface area contributed by atoms with E-state index in [-0.39, 0.29) is 0 Å². The maximum absolute atomic E-state index is 10.5. The molecule has 0 fully saturated rings. The summed E-state index contributed by atoms with van der Waals surface area (Å²) in [5.74, 6) is 0.381. The van der Waals surface area contributed by atoms with Crippen molar-refractivity contribution in [3.05, 3.63) is 41.5 Å². The fourth-order valence-corrected chi connectivity index (χ4v) is 2.14. The lowest BCUT2D eigenvalue weighted by Gasteiger charge is -2.12. The van der Waals surface area contributed by atoms with Crippen LogP contribution in [0, 0.1) is 13.8 Å². The molecule has 4 heteroatoms. The van der Waals surface area contributed by atoms with E-state index in [0.717, 1.165) is 21.9 Å². The van der Waals surface area contributed by atoms with Gasteiger partial charge in [-0.15, -0.1) is 0 Å². The molecular weight excluding hydrogens is 224 g/mol. The predicted molar refractivity (Wildman–Crippen MR) is 63.0 cm³/mol. The smallest absolute Gasteiger partial charge is 0.142 e. The molecule has 1 unspecified atom stereocenters. The Bertz CT molecular complexity index is 563. The molecular formula is C12H11O3S-. The topological polar surface area (TPSA) is 49.4 Å². The molecule has 0 aliphatic carbocycles. The van der Waals surface area contributed by atoms with Crippen molar-refractivity contribution in [2.45, 2.75) is 13.8 Å². The van der Waals surface area contributed by atoms with Crippen LogP contribution in [0.2, 0.25) is 0 Å². The van der Waals surface area contributed by atoms with Crippen LogP contribution >= 0.6 is 0 Å². The molecule has 0 N–H and O–H groups in total. The molecule has 0 aliphatic heterocycles. The number of hydrogen-bond acceptors (Lipinski definition) is 3. The van der Waals surface area contributed by atoms with Gasteiger partial charge in [-0.25, -0.2) is 4.21 Å². The van der Waals surface area contributed by atoms with Crippen LogP contribution in [0.4, 0.5) is 0 Å². The van der Waals surface area contributed by atoms with Crippen molar-refractivity contribution in [3.8, 4) is 5.75 Å². The maximum Gasteiger partial charge on any atom is 0.142 e. The maximum atomic E-state index is 10.5. The molecule has 0 heterocycles. The number of hydrogen-bond donors (Lipinski definition) is 0. The first-order valence-corrected chi connectivity index (χ1v) is 5.86. The number of rotatable bonds is 2. The van der Waals surface area contributed by atoms with Crippen molar-refractivity contribution in [3.63, 3.8) is 0 Å². The summed E-state index contributed by atoms with van der Waals surface area (Å²) < 4.78 is 25.7. The van der Waals surface area contributed by atoms with Crippen molar-refractivity contribution in [1.82, 2.24) is 0 Å². The summed E-state index contributed by atoms with van der Waals surface area (Å²) in [5, 5.41) is 2.13. The summed E-state index contributed by atoms with van der Waals surface area (Å²) in [5.41, 5.74) is 2.00. The summed E-state index contributed by atoms with van der Waals surface area (Å²) in [7, 11) is 0. The quantitative estimate of drug-likeness (QED) is 0.752. The first kappa shape index (κ1) is 11.1. The standard InChI is InChI=1S/C12H12O3S/c1-8-4-3-5-11-9(2)12(15-16(13)14)7-6-10(8)11/h3-7H,1-2H3,(H,13,14)/p-1. The third kappa shape index (κ3) is 1.94. The number of benzene rings is 2. The van der Waals surface area contributed by atoms with Gasteiger partial charge in [-0.05, 0) is 36.2 Å². The van der Waals surface area contributed by atoms with Crippen molar-refractivity contribution >= 4 is 22.1 Å². The molecule has 84 valence electrons. The van der Waals surface area contributed by atoms with Crippen LogP contribution in [0.3, 0.4) is 0 Å².